The zero-order valence-corrected chi connectivity index (χ0v) is 12.3. The van der Waals surface area contributed by atoms with E-state index < -0.39 is 0 Å². The van der Waals surface area contributed by atoms with Gasteiger partial charge in [-0.2, -0.15) is 15.6 Å². The molecule has 0 unspecified atom stereocenters. The minimum atomic E-state index is -0.369. The summed E-state index contributed by atoms with van der Waals surface area (Å²) in [5, 5.41) is 19.3. The molecule has 3 aromatic rings. The van der Waals surface area contributed by atoms with E-state index in [9.17, 15) is 4.79 Å². The van der Waals surface area contributed by atoms with E-state index in [2.05, 4.69) is 20.1 Å². The van der Waals surface area contributed by atoms with Crippen molar-refractivity contribution in [1.82, 2.24) is 15.4 Å². The van der Waals surface area contributed by atoms with E-state index in [1.54, 1.807) is 12.1 Å². The molecule has 0 spiro atoms. The Morgan fingerprint density at radius 2 is 1.83 bits per heavy atom. The van der Waals surface area contributed by atoms with Crippen LogP contribution in [0.15, 0.2) is 48.5 Å². The van der Waals surface area contributed by atoms with Gasteiger partial charge in [-0.25, -0.2) is 4.79 Å². The van der Waals surface area contributed by atoms with Gasteiger partial charge in [-0.1, -0.05) is 30.3 Å². The molecule has 0 radical (unpaired) electrons. The molecule has 0 fully saturated rings. The number of carbonyl (C=O) groups is 1. The third kappa shape index (κ3) is 2.80. The first-order valence-electron chi connectivity index (χ1n) is 6.83. The van der Waals surface area contributed by atoms with Crippen molar-refractivity contribution in [3.63, 3.8) is 0 Å². The smallest absolute Gasteiger partial charge is 0.337 e. The molecule has 0 bridgehead atoms. The van der Waals surface area contributed by atoms with E-state index in [-0.39, 0.29) is 11.7 Å². The average molecular weight is 304 g/mol. The summed E-state index contributed by atoms with van der Waals surface area (Å²) >= 11 is 0. The van der Waals surface area contributed by atoms with Crippen molar-refractivity contribution in [1.29, 1.82) is 5.26 Å². The molecule has 0 amide bonds. The molecule has 1 heterocycles. The number of hydrogen-bond acceptors (Lipinski definition) is 5. The lowest BCUT2D eigenvalue weighted by Crippen LogP contribution is -2.00. The standard InChI is InChI=1S/C17H12N4O2/c1-23-17(22)12-7-5-11(6-8-12)13-3-2-4-14(9-13)16-15(10-18)19-21-20-16/h2-9H,1H3,(H,19,20,21). The molecule has 112 valence electrons. The summed E-state index contributed by atoms with van der Waals surface area (Å²) in [5.41, 5.74) is 3.96. The molecule has 0 aliphatic heterocycles. The van der Waals surface area contributed by atoms with E-state index in [1.165, 1.54) is 7.11 Å². The minimum Gasteiger partial charge on any atom is -0.465 e. The first-order chi connectivity index (χ1) is 11.2. The van der Waals surface area contributed by atoms with Gasteiger partial charge >= 0.3 is 5.97 Å². The predicted molar refractivity (Wildman–Crippen MR) is 83.3 cm³/mol. The fourth-order valence-corrected chi connectivity index (χ4v) is 2.27. The number of nitriles is 1. The summed E-state index contributed by atoms with van der Waals surface area (Å²) in [6.07, 6.45) is 0. The summed E-state index contributed by atoms with van der Waals surface area (Å²) in [7, 11) is 1.35. The molecule has 23 heavy (non-hydrogen) atoms. The predicted octanol–water partition coefficient (Wildman–Crippen LogP) is 2.80. The summed E-state index contributed by atoms with van der Waals surface area (Å²) in [6, 6.07) is 16.7. The number of aromatic nitrogens is 3. The number of nitrogens with one attached hydrogen (secondary N) is 1. The number of nitrogens with zero attached hydrogens (tertiary/aromatic N) is 3. The quantitative estimate of drug-likeness (QED) is 0.751. The molecule has 2 aromatic carbocycles. The molecule has 3 rings (SSSR count). The summed E-state index contributed by atoms with van der Waals surface area (Å²) in [5.74, 6) is -0.369. The normalized spacial score (nSPS) is 10.1. The zero-order chi connectivity index (χ0) is 16.2. The average Bonchev–Trinajstić information content (AvgIpc) is 3.10. The van der Waals surface area contributed by atoms with Gasteiger partial charge < -0.3 is 4.74 Å². The molecular formula is C17H12N4O2. The van der Waals surface area contributed by atoms with Crippen LogP contribution in [0, 0.1) is 11.3 Å². The van der Waals surface area contributed by atoms with Gasteiger partial charge in [-0.05, 0) is 29.3 Å². The highest BCUT2D eigenvalue weighted by atomic mass is 16.5. The largest absolute Gasteiger partial charge is 0.465 e. The second-order valence-electron chi connectivity index (χ2n) is 4.78. The third-order valence-electron chi connectivity index (χ3n) is 3.43. The molecule has 0 aliphatic carbocycles. The third-order valence-corrected chi connectivity index (χ3v) is 3.43. The Balaban J connectivity index is 1.97. The van der Waals surface area contributed by atoms with Crippen LogP contribution in [0.4, 0.5) is 0 Å². The molecule has 0 atom stereocenters. The second kappa shape index (κ2) is 6.12. The van der Waals surface area contributed by atoms with Crippen molar-refractivity contribution < 1.29 is 9.53 Å². The number of aromatic amines is 1. The van der Waals surface area contributed by atoms with Crippen molar-refractivity contribution in [2.75, 3.05) is 7.11 Å². The molecule has 0 saturated heterocycles. The number of ether oxygens (including phenoxy) is 1. The zero-order valence-electron chi connectivity index (χ0n) is 12.3. The van der Waals surface area contributed by atoms with Gasteiger partial charge in [0.2, 0.25) is 0 Å². The Morgan fingerprint density at radius 3 is 2.52 bits per heavy atom. The number of methoxy groups -OCH3 is 1. The van der Waals surface area contributed by atoms with Crippen molar-refractivity contribution in [2.24, 2.45) is 0 Å². The summed E-state index contributed by atoms with van der Waals surface area (Å²) < 4.78 is 4.69. The maximum atomic E-state index is 11.5. The van der Waals surface area contributed by atoms with E-state index in [4.69, 9.17) is 5.26 Å². The van der Waals surface area contributed by atoms with Crippen LogP contribution < -0.4 is 0 Å². The van der Waals surface area contributed by atoms with Gasteiger partial charge in [0.25, 0.3) is 0 Å². The van der Waals surface area contributed by atoms with Gasteiger partial charge in [0.15, 0.2) is 5.69 Å². The van der Waals surface area contributed by atoms with Crippen molar-refractivity contribution in [3.05, 3.63) is 59.8 Å². The van der Waals surface area contributed by atoms with Crippen molar-refractivity contribution in [2.45, 2.75) is 0 Å². The van der Waals surface area contributed by atoms with Gasteiger partial charge in [0.05, 0.1) is 12.7 Å². The highest BCUT2D eigenvalue weighted by Gasteiger charge is 2.11. The number of benzene rings is 2. The fourth-order valence-electron chi connectivity index (χ4n) is 2.27. The lowest BCUT2D eigenvalue weighted by atomic mass is 10.00. The van der Waals surface area contributed by atoms with Crippen LogP contribution >= 0.6 is 0 Å². The second-order valence-corrected chi connectivity index (χ2v) is 4.78. The summed E-state index contributed by atoms with van der Waals surface area (Å²) in [6.45, 7) is 0. The van der Waals surface area contributed by atoms with E-state index in [0.29, 0.717) is 11.3 Å². The van der Waals surface area contributed by atoms with Crippen LogP contribution in [0.5, 0.6) is 0 Å². The summed E-state index contributed by atoms with van der Waals surface area (Å²) in [4.78, 5) is 11.5. The van der Waals surface area contributed by atoms with E-state index in [1.807, 2.05) is 42.5 Å². The van der Waals surface area contributed by atoms with E-state index >= 15 is 0 Å². The fraction of sp³-hybridized carbons (Fsp3) is 0.0588. The first kappa shape index (κ1) is 14.5. The lowest BCUT2D eigenvalue weighted by Gasteiger charge is -2.05. The maximum absolute atomic E-state index is 11.5. The van der Waals surface area contributed by atoms with Crippen LogP contribution in [-0.2, 0) is 4.74 Å². The highest BCUT2D eigenvalue weighted by Crippen LogP contribution is 2.26. The molecular weight excluding hydrogens is 292 g/mol. The van der Waals surface area contributed by atoms with Crippen LogP contribution in [0.25, 0.3) is 22.4 Å². The molecule has 0 saturated carbocycles. The Kier molecular flexibility index (Phi) is 3.85. The first-order valence-corrected chi connectivity index (χ1v) is 6.83. The van der Waals surface area contributed by atoms with Crippen LogP contribution in [0.2, 0.25) is 0 Å². The van der Waals surface area contributed by atoms with Gasteiger partial charge in [-0.15, -0.1) is 5.10 Å². The van der Waals surface area contributed by atoms with Gasteiger partial charge in [-0.3, -0.25) is 0 Å². The monoisotopic (exact) mass is 304 g/mol. The van der Waals surface area contributed by atoms with Crippen molar-refractivity contribution >= 4 is 5.97 Å². The Morgan fingerprint density at radius 1 is 1.09 bits per heavy atom. The number of rotatable bonds is 3. The maximum Gasteiger partial charge on any atom is 0.337 e. The molecule has 1 aromatic heterocycles. The van der Waals surface area contributed by atoms with Crippen LogP contribution in [-0.4, -0.2) is 28.5 Å². The van der Waals surface area contributed by atoms with Gasteiger partial charge in [0.1, 0.15) is 11.8 Å². The van der Waals surface area contributed by atoms with Crippen molar-refractivity contribution in [3.8, 4) is 28.5 Å². The SMILES string of the molecule is COC(=O)c1ccc(-c2cccc(-c3n[nH]nc3C#N)c2)cc1. The number of hydrogen-bond donors (Lipinski definition) is 1. The van der Waals surface area contributed by atoms with Crippen LogP contribution in [0.1, 0.15) is 16.1 Å². The topological polar surface area (TPSA) is 91.7 Å². The Hall–Kier alpha value is -3.46. The minimum absolute atomic E-state index is 0.253. The molecule has 1 N–H and O–H groups in total. The number of esters is 1. The van der Waals surface area contributed by atoms with Crippen LogP contribution in [0.3, 0.4) is 0 Å². The lowest BCUT2D eigenvalue weighted by molar-refractivity contribution is 0.0601. The van der Waals surface area contributed by atoms with Gasteiger partial charge in [0, 0.05) is 5.56 Å². The number of H-pyrrole nitrogens is 1. The van der Waals surface area contributed by atoms with E-state index in [0.717, 1.165) is 16.7 Å². The molecule has 0 aliphatic rings. The Bertz CT molecular complexity index is 891. The highest BCUT2D eigenvalue weighted by molar-refractivity contribution is 5.90. The number of carbonyl (C=O) groups excluding carboxylic acids is 1. The Labute approximate surface area is 132 Å². The molecule has 6 nitrogen and oxygen atoms in total. The molecule has 6 heteroatoms.